The summed E-state index contributed by atoms with van der Waals surface area (Å²) in [6.07, 6.45) is 3.87. The van der Waals surface area contributed by atoms with Crippen LogP contribution in [0.1, 0.15) is 48.3 Å². The molecular formula is C26H31N3O3. The molecule has 1 aromatic carbocycles. The maximum atomic E-state index is 13.8. The van der Waals surface area contributed by atoms with Gasteiger partial charge in [0.2, 0.25) is 0 Å². The molecule has 6 nitrogen and oxygen atoms in total. The molecule has 1 atom stereocenters. The van der Waals surface area contributed by atoms with Gasteiger partial charge in [-0.05, 0) is 74.7 Å². The van der Waals surface area contributed by atoms with Gasteiger partial charge in [-0.1, -0.05) is 25.1 Å². The second-order valence-corrected chi connectivity index (χ2v) is 8.69. The Hall–Kier alpha value is -3.12. The summed E-state index contributed by atoms with van der Waals surface area (Å²) in [5.41, 5.74) is 2.74. The number of piperidine rings is 1. The van der Waals surface area contributed by atoms with Crippen molar-refractivity contribution in [3.8, 4) is 11.5 Å². The fraction of sp³-hybridized carbons (Fsp3) is 0.385. The van der Waals surface area contributed by atoms with Crippen LogP contribution >= 0.6 is 0 Å². The molecule has 1 saturated heterocycles. The van der Waals surface area contributed by atoms with Crippen molar-refractivity contribution in [1.82, 2.24) is 14.5 Å². The lowest BCUT2D eigenvalue weighted by atomic mass is 9.92. The van der Waals surface area contributed by atoms with Gasteiger partial charge in [0.15, 0.2) is 0 Å². The van der Waals surface area contributed by atoms with Gasteiger partial charge in [-0.3, -0.25) is 14.7 Å². The Morgan fingerprint density at radius 3 is 2.50 bits per heavy atom. The van der Waals surface area contributed by atoms with E-state index in [9.17, 15) is 9.90 Å². The molecule has 0 amide bonds. The standard InChI is InChI=1S/C26H31N3O3/c1-18-11-14-28(15-12-18)25(20-7-9-22(32-3)10-8-20)24-23(30)16-19(2)29(26(24)31)17-21-6-4-5-13-27-21/h4-10,13,16,18,25,30H,11-12,14-15,17H2,1-3H3/t25-/m0/s1. The van der Waals surface area contributed by atoms with E-state index in [1.54, 1.807) is 23.9 Å². The fourth-order valence-corrected chi connectivity index (χ4v) is 4.51. The van der Waals surface area contributed by atoms with Crippen molar-refractivity contribution in [3.63, 3.8) is 0 Å². The van der Waals surface area contributed by atoms with Gasteiger partial charge in [0.05, 0.1) is 31.0 Å². The summed E-state index contributed by atoms with van der Waals surface area (Å²) in [6.45, 7) is 6.24. The third-order valence-corrected chi connectivity index (χ3v) is 6.46. The zero-order valence-corrected chi connectivity index (χ0v) is 19.0. The summed E-state index contributed by atoms with van der Waals surface area (Å²) in [7, 11) is 1.64. The van der Waals surface area contributed by atoms with Crippen molar-refractivity contribution in [2.24, 2.45) is 5.92 Å². The van der Waals surface area contributed by atoms with E-state index in [1.165, 1.54) is 0 Å². The third-order valence-electron chi connectivity index (χ3n) is 6.46. The molecule has 6 heteroatoms. The van der Waals surface area contributed by atoms with Crippen LogP contribution in [0.2, 0.25) is 0 Å². The van der Waals surface area contributed by atoms with E-state index in [4.69, 9.17) is 4.74 Å². The van der Waals surface area contributed by atoms with Crippen LogP contribution in [0.5, 0.6) is 11.5 Å². The zero-order chi connectivity index (χ0) is 22.7. The SMILES string of the molecule is COc1ccc([C@@H](c2c(O)cc(C)n(Cc3ccccn3)c2=O)N2CCC(C)CC2)cc1. The summed E-state index contributed by atoms with van der Waals surface area (Å²) in [5.74, 6) is 1.47. The fourth-order valence-electron chi connectivity index (χ4n) is 4.51. The molecule has 0 spiro atoms. The highest BCUT2D eigenvalue weighted by atomic mass is 16.5. The van der Waals surface area contributed by atoms with E-state index in [-0.39, 0.29) is 17.4 Å². The monoisotopic (exact) mass is 433 g/mol. The molecule has 168 valence electrons. The number of nitrogens with zero attached hydrogens (tertiary/aromatic N) is 3. The number of methoxy groups -OCH3 is 1. The van der Waals surface area contributed by atoms with Crippen LogP contribution in [-0.4, -0.2) is 39.8 Å². The Labute approximate surface area is 189 Å². The van der Waals surface area contributed by atoms with E-state index < -0.39 is 0 Å². The minimum Gasteiger partial charge on any atom is -0.507 e. The van der Waals surface area contributed by atoms with Gasteiger partial charge >= 0.3 is 0 Å². The van der Waals surface area contributed by atoms with Gasteiger partial charge in [-0.2, -0.15) is 0 Å². The number of pyridine rings is 2. The van der Waals surface area contributed by atoms with E-state index in [0.29, 0.717) is 23.7 Å². The Balaban J connectivity index is 1.82. The van der Waals surface area contributed by atoms with Gasteiger partial charge in [-0.25, -0.2) is 0 Å². The van der Waals surface area contributed by atoms with Crippen molar-refractivity contribution >= 4 is 0 Å². The number of hydrogen-bond acceptors (Lipinski definition) is 5. The van der Waals surface area contributed by atoms with E-state index >= 15 is 0 Å². The topological polar surface area (TPSA) is 67.6 Å². The summed E-state index contributed by atoms with van der Waals surface area (Å²) in [6, 6.07) is 14.9. The molecule has 3 heterocycles. The molecule has 0 aliphatic carbocycles. The molecular weight excluding hydrogens is 402 g/mol. The molecule has 4 rings (SSSR count). The number of aryl methyl sites for hydroxylation is 1. The van der Waals surface area contributed by atoms with Gasteiger partial charge in [0, 0.05) is 11.9 Å². The van der Waals surface area contributed by atoms with Gasteiger partial charge in [0.25, 0.3) is 5.56 Å². The smallest absolute Gasteiger partial charge is 0.260 e. The third kappa shape index (κ3) is 4.55. The Morgan fingerprint density at radius 1 is 1.16 bits per heavy atom. The first-order valence-corrected chi connectivity index (χ1v) is 11.2. The Kier molecular flexibility index (Phi) is 6.61. The molecule has 0 saturated carbocycles. The van der Waals surface area contributed by atoms with Gasteiger partial charge < -0.3 is 14.4 Å². The maximum Gasteiger partial charge on any atom is 0.260 e. The number of likely N-dealkylation sites (tertiary alicyclic amines) is 1. The average molecular weight is 434 g/mol. The first-order chi connectivity index (χ1) is 15.5. The number of benzene rings is 1. The molecule has 2 aromatic heterocycles. The van der Waals surface area contributed by atoms with Crippen LogP contribution in [-0.2, 0) is 6.54 Å². The van der Waals surface area contributed by atoms with E-state index in [0.717, 1.165) is 42.9 Å². The summed E-state index contributed by atoms with van der Waals surface area (Å²) in [4.78, 5) is 20.5. The number of hydrogen-bond donors (Lipinski definition) is 1. The second kappa shape index (κ2) is 9.57. The van der Waals surface area contributed by atoms with Crippen LogP contribution in [0.4, 0.5) is 0 Å². The highest BCUT2D eigenvalue weighted by Crippen LogP contribution is 2.35. The van der Waals surface area contributed by atoms with Crippen molar-refractivity contribution in [1.29, 1.82) is 0 Å². The van der Waals surface area contributed by atoms with Gasteiger partial charge in [0.1, 0.15) is 11.5 Å². The van der Waals surface area contributed by atoms with E-state index in [1.807, 2.05) is 49.4 Å². The van der Waals surface area contributed by atoms with Crippen LogP contribution in [0, 0.1) is 12.8 Å². The Morgan fingerprint density at radius 2 is 1.88 bits per heavy atom. The number of aromatic hydroxyl groups is 1. The molecule has 32 heavy (non-hydrogen) atoms. The van der Waals surface area contributed by atoms with Crippen LogP contribution in [0.15, 0.2) is 59.5 Å². The normalized spacial score (nSPS) is 16.1. The molecule has 1 N–H and O–H groups in total. The Bertz CT molecular complexity index is 1100. The molecule has 0 bridgehead atoms. The lowest BCUT2D eigenvalue weighted by Gasteiger charge is -2.37. The second-order valence-electron chi connectivity index (χ2n) is 8.69. The molecule has 3 aromatic rings. The largest absolute Gasteiger partial charge is 0.507 e. The zero-order valence-electron chi connectivity index (χ0n) is 19.0. The lowest BCUT2D eigenvalue weighted by Crippen LogP contribution is -2.40. The van der Waals surface area contributed by atoms with Gasteiger partial charge in [-0.15, -0.1) is 0 Å². The molecule has 0 unspecified atom stereocenters. The molecule has 1 aliphatic rings. The molecule has 0 radical (unpaired) electrons. The van der Waals surface area contributed by atoms with Crippen LogP contribution in [0.3, 0.4) is 0 Å². The van der Waals surface area contributed by atoms with Crippen molar-refractivity contribution in [3.05, 3.63) is 87.6 Å². The number of ether oxygens (including phenoxy) is 1. The molecule has 1 aliphatic heterocycles. The molecule has 1 fully saturated rings. The number of aromatic nitrogens is 2. The van der Waals surface area contributed by atoms with Crippen molar-refractivity contribution < 1.29 is 9.84 Å². The van der Waals surface area contributed by atoms with Crippen molar-refractivity contribution in [2.45, 2.75) is 39.3 Å². The summed E-state index contributed by atoms with van der Waals surface area (Å²) >= 11 is 0. The first kappa shape index (κ1) is 22.1. The minimum absolute atomic E-state index is 0.0456. The highest BCUT2D eigenvalue weighted by Gasteiger charge is 2.31. The summed E-state index contributed by atoms with van der Waals surface area (Å²) < 4.78 is 7.04. The summed E-state index contributed by atoms with van der Waals surface area (Å²) in [5, 5.41) is 11.0. The van der Waals surface area contributed by atoms with Crippen molar-refractivity contribution in [2.75, 3.05) is 20.2 Å². The highest BCUT2D eigenvalue weighted by molar-refractivity contribution is 5.42. The average Bonchev–Trinajstić information content (AvgIpc) is 2.81. The maximum absolute atomic E-state index is 13.8. The minimum atomic E-state index is -0.323. The lowest BCUT2D eigenvalue weighted by molar-refractivity contribution is 0.154. The predicted molar refractivity (Wildman–Crippen MR) is 125 cm³/mol. The first-order valence-electron chi connectivity index (χ1n) is 11.2. The predicted octanol–water partition coefficient (Wildman–Crippen LogP) is 4.14. The van der Waals surface area contributed by atoms with E-state index in [2.05, 4.69) is 16.8 Å². The van der Waals surface area contributed by atoms with Crippen LogP contribution in [0.25, 0.3) is 0 Å². The van der Waals surface area contributed by atoms with Crippen LogP contribution < -0.4 is 10.3 Å². The quantitative estimate of drug-likeness (QED) is 0.633. The number of rotatable bonds is 6.